The molecule has 1 aliphatic carbocycles. The third-order valence-electron chi connectivity index (χ3n) is 6.24. The van der Waals surface area contributed by atoms with Gasteiger partial charge in [0.1, 0.15) is 18.9 Å². The van der Waals surface area contributed by atoms with E-state index in [9.17, 15) is 28.8 Å². The highest BCUT2D eigenvalue weighted by Gasteiger charge is 2.35. The van der Waals surface area contributed by atoms with Gasteiger partial charge in [0.15, 0.2) is 5.78 Å². The van der Waals surface area contributed by atoms with E-state index in [0.29, 0.717) is 6.42 Å². The van der Waals surface area contributed by atoms with E-state index in [-0.39, 0.29) is 50.4 Å². The molecule has 0 aliphatic heterocycles. The molecule has 5 amide bonds. The van der Waals surface area contributed by atoms with E-state index in [1.165, 1.54) is 6.92 Å². The highest BCUT2D eigenvalue weighted by Crippen LogP contribution is 2.34. The van der Waals surface area contributed by atoms with Crippen LogP contribution in [0.15, 0.2) is 30.3 Å². The van der Waals surface area contributed by atoms with Crippen LogP contribution in [0.1, 0.15) is 57.9 Å². The molecule has 1 fully saturated rings. The van der Waals surface area contributed by atoms with Gasteiger partial charge in [0, 0.05) is 12.8 Å². The van der Waals surface area contributed by atoms with Crippen LogP contribution in [0.2, 0.25) is 0 Å². The van der Waals surface area contributed by atoms with Gasteiger partial charge in [0.05, 0.1) is 19.6 Å². The number of carbonyl (C=O) groups excluding carboxylic acids is 6. The fourth-order valence-corrected chi connectivity index (χ4v) is 3.90. The quantitative estimate of drug-likeness (QED) is 0.118. The van der Waals surface area contributed by atoms with Crippen molar-refractivity contribution >= 4 is 35.3 Å². The largest absolute Gasteiger partial charge is 0.350 e. The van der Waals surface area contributed by atoms with Gasteiger partial charge in [-0.15, -0.1) is 0 Å². The number of hydrogen-bond donors (Lipinski definition) is 5. The van der Waals surface area contributed by atoms with Gasteiger partial charge in [0.2, 0.25) is 29.5 Å². The molecule has 220 valence electrons. The van der Waals surface area contributed by atoms with E-state index in [1.807, 2.05) is 13.0 Å². The van der Waals surface area contributed by atoms with Gasteiger partial charge in [0.25, 0.3) is 0 Å². The summed E-state index contributed by atoms with van der Waals surface area (Å²) in [6, 6.07) is 8.01. The lowest BCUT2D eigenvalue weighted by Crippen LogP contribution is -2.52. The van der Waals surface area contributed by atoms with Gasteiger partial charge in [-0.05, 0) is 37.7 Å². The second kappa shape index (κ2) is 17.7. The summed E-state index contributed by atoms with van der Waals surface area (Å²) in [6.45, 7) is 2.33. The van der Waals surface area contributed by atoms with Crippen molar-refractivity contribution in [1.29, 1.82) is 0 Å². The molecule has 2 rings (SSSR count). The van der Waals surface area contributed by atoms with Crippen molar-refractivity contribution in [3.05, 3.63) is 35.9 Å². The van der Waals surface area contributed by atoms with Gasteiger partial charge >= 0.3 is 0 Å². The Labute approximate surface area is 234 Å². The number of hydrogen-bond acceptors (Lipinski definition) is 7. The second-order valence-corrected chi connectivity index (χ2v) is 9.82. The van der Waals surface area contributed by atoms with Crippen molar-refractivity contribution in [2.24, 2.45) is 5.92 Å². The molecule has 0 spiro atoms. The summed E-state index contributed by atoms with van der Waals surface area (Å²) in [5.41, 5.74) is 0.783. The maximum Gasteiger partial charge on any atom is 0.243 e. The van der Waals surface area contributed by atoms with Crippen LogP contribution in [0, 0.1) is 5.92 Å². The molecule has 12 nitrogen and oxygen atoms in total. The highest BCUT2D eigenvalue weighted by molar-refractivity contribution is 5.92. The van der Waals surface area contributed by atoms with E-state index >= 15 is 0 Å². The Morgan fingerprint density at radius 2 is 1.45 bits per heavy atom. The van der Waals surface area contributed by atoms with Crippen LogP contribution in [-0.4, -0.2) is 73.8 Å². The summed E-state index contributed by atoms with van der Waals surface area (Å²) < 4.78 is 5.47. The minimum absolute atomic E-state index is 0.0899. The van der Waals surface area contributed by atoms with Crippen LogP contribution in [0.3, 0.4) is 0 Å². The third-order valence-corrected chi connectivity index (χ3v) is 6.24. The normalized spacial score (nSPS) is 13.8. The number of ether oxygens (including phenoxy) is 1. The van der Waals surface area contributed by atoms with Crippen molar-refractivity contribution in [1.82, 2.24) is 26.6 Å². The average Bonchev–Trinajstić information content (AvgIpc) is 3.77. The van der Waals surface area contributed by atoms with Crippen molar-refractivity contribution in [2.75, 3.05) is 26.4 Å². The lowest BCUT2D eigenvalue weighted by molar-refractivity contribution is -0.134. The first-order chi connectivity index (χ1) is 19.2. The van der Waals surface area contributed by atoms with Crippen molar-refractivity contribution < 1.29 is 33.5 Å². The summed E-state index contributed by atoms with van der Waals surface area (Å²) >= 11 is 0. The molecule has 40 heavy (non-hydrogen) atoms. The minimum Gasteiger partial charge on any atom is -0.350 e. The summed E-state index contributed by atoms with van der Waals surface area (Å²) in [6.07, 6.45) is 4.45. The molecule has 0 saturated heterocycles. The van der Waals surface area contributed by atoms with Crippen LogP contribution in [0.4, 0.5) is 0 Å². The second-order valence-electron chi connectivity index (χ2n) is 9.82. The predicted molar refractivity (Wildman–Crippen MR) is 147 cm³/mol. The first-order valence-corrected chi connectivity index (χ1v) is 13.7. The third kappa shape index (κ3) is 13.3. The molecule has 2 atom stereocenters. The molecule has 0 unspecified atom stereocenters. The van der Waals surface area contributed by atoms with Crippen molar-refractivity contribution in [3.8, 4) is 0 Å². The zero-order valence-corrected chi connectivity index (χ0v) is 23.3. The first-order valence-electron chi connectivity index (χ1n) is 13.7. The number of amides is 5. The Morgan fingerprint density at radius 3 is 2.10 bits per heavy atom. The zero-order valence-electron chi connectivity index (χ0n) is 23.3. The molecule has 0 bridgehead atoms. The summed E-state index contributed by atoms with van der Waals surface area (Å²) in [4.78, 5) is 73.0. The fraction of sp³-hybridized carbons (Fsp3) is 0.571. The maximum atomic E-state index is 12.9. The topological polar surface area (TPSA) is 172 Å². The molecular weight excluding hydrogens is 518 g/mol. The number of Topliss-reactive ketones (excluding diaryl/α,β-unsaturated/α-hetero) is 1. The predicted octanol–water partition coefficient (Wildman–Crippen LogP) is 0.101. The lowest BCUT2D eigenvalue weighted by atomic mass is 10.1. The van der Waals surface area contributed by atoms with Crippen LogP contribution in [-0.2, 0) is 39.9 Å². The van der Waals surface area contributed by atoms with Gasteiger partial charge in [-0.25, -0.2) is 0 Å². The first kappa shape index (κ1) is 32.4. The Morgan fingerprint density at radius 1 is 0.825 bits per heavy atom. The molecule has 5 N–H and O–H groups in total. The van der Waals surface area contributed by atoms with E-state index in [0.717, 1.165) is 37.7 Å². The molecule has 1 aromatic carbocycles. The Kier molecular flexibility index (Phi) is 14.4. The standard InChI is InChI=1S/C28H41N5O7/c1-3-4-6-11-23(35)29-15-24(36)30-17-26(38)33-22(14-20-9-7-5-8-10-20)28(39)31-16-25(37)32-18-40-27(19(2)34)21-12-13-21/h5,7-10,21-22,27H,3-4,6,11-18H2,1-2H3,(H,29,35)(H,30,36)(H,31,39)(H,32,37)(H,33,38)/t22-,27+/m0/s1. The molecule has 1 aliphatic rings. The minimum atomic E-state index is -1.01. The molecule has 0 aromatic heterocycles. The smallest absolute Gasteiger partial charge is 0.243 e. The number of rotatable bonds is 19. The number of ketones is 1. The monoisotopic (exact) mass is 559 g/mol. The summed E-state index contributed by atoms with van der Waals surface area (Å²) in [5, 5.41) is 12.5. The lowest BCUT2D eigenvalue weighted by Gasteiger charge is -2.19. The van der Waals surface area contributed by atoms with Gasteiger partial charge < -0.3 is 31.3 Å². The number of carbonyl (C=O) groups is 6. The summed E-state index contributed by atoms with van der Waals surface area (Å²) in [5.74, 6) is -2.37. The van der Waals surface area contributed by atoms with Crippen LogP contribution >= 0.6 is 0 Å². The molecule has 0 radical (unpaired) electrons. The Hall–Kier alpha value is -3.80. The molecule has 0 heterocycles. The number of nitrogens with one attached hydrogen (secondary N) is 5. The van der Waals surface area contributed by atoms with E-state index in [1.54, 1.807) is 24.3 Å². The molecule has 12 heteroatoms. The Balaban J connectivity index is 1.79. The van der Waals surface area contributed by atoms with Gasteiger partial charge in [-0.2, -0.15) is 0 Å². The number of unbranched alkanes of at least 4 members (excludes halogenated alkanes) is 2. The fourth-order valence-electron chi connectivity index (χ4n) is 3.90. The molecule has 1 aromatic rings. The van der Waals surface area contributed by atoms with E-state index in [2.05, 4.69) is 26.6 Å². The van der Waals surface area contributed by atoms with E-state index in [4.69, 9.17) is 4.74 Å². The molecular formula is C28H41N5O7. The summed E-state index contributed by atoms with van der Waals surface area (Å²) in [7, 11) is 0. The van der Waals surface area contributed by atoms with Crippen LogP contribution in [0.25, 0.3) is 0 Å². The van der Waals surface area contributed by atoms with Crippen molar-refractivity contribution in [2.45, 2.75) is 70.9 Å². The zero-order chi connectivity index (χ0) is 29.3. The maximum absolute atomic E-state index is 12.9. The highest BCUT2D eigenvalue weighted by atomic mass is 16.5. The van der Waals surface area contributed by atoms with Crippen LogP contribution in [0.5, 0.6) is 0 Å². The van der Waals surface area contributed by atoms with Crippen LogP contribution < -0.4 is 26.6 Å². The van der Waals surface area contributed by atoms with Gasteiger partial charge in [-0.1, -0.05) is 50.1 Å². The Bertz CT molecular complexity index is 1010. The average molecular weight is 560 g/mol. The van der Waals surface area contributed by atoms with Gasteiger partial charge in [-0.3, -0.25) is 28.8 Å². The SMILES string of the molecule is CCCCCC(=O)NCC(=O)NCC(=O)N[C@@H](Cc1ccccc1)C(=O)NCC(=O)NCO[C@H](C(C)=O)C1CC1. The van der Waals surface area contributed by atoms with Crippen molar-refractivity contribution in [3.63, 3.8) is 0 Å². The molecule has 1 saturated carbocycles. The van der Waals surface area contributed by atoms with E-state index < -0.39 is 35.8 Å². The number of benzene rings is 1.